The Bertz CT molecular complexity index is 511. The number of H-pyrrole nitrogens is 1. The number of hydrogen-bond donors (Lipinski definition) is 2. The number of aromatic amines is 1. The van der Waals surface area contributed by atoms with Crippen molar-refractivity contribution in [1.82, 2.24) is 20.5 Å². The summed E-state index contributed by atoms with van der Waals surface area (Å²) in [7, 11) is 0. The van der Waals surface area contributed by atoms with Crippen LogP contribution in [-0.2, 0) is 6.42 Å². The Balaban J connectivity index is 1.70. The van der Waals surface area contributed by atoms with Crippen molar-refractivity contribution in [2.45, 2.75) is 32.4 Å². The molecule has 0 aromatic carbocycles. The highest BCUT2D eigenvalue weighted by molar-refractivity contribution is 7.09. The zero-order valence-corrected chi connectivity index (χ0v) is 12.1. The Morgan fingerprint density at radius 3 is 2.84 bits per heavy atom. The Labute approximate surface area is 117 Å². The predicted molar refractivity (Wildman–Crippen MR) is 77.8 cm³/mol. The van der Waals surface area contributed by atoms with E-state index in [4.69, 9.17) is 0 Å². The first-order valence-electron chi connectivity index (χ1n) is 6.65. The minimum atomic E-state index is 0.475. The molecule has 0 saturated carbocycles. The minimum Gasteiger partial charge on any atom is -0.336 e. The zero-order valence-electron chi connectivity index (χ0n) is 11.3. The van der Waals surface area contributed by atoms with Crippen LogP contribution in [0.25, 0.3) is 0 Å². The van der Waals surface area contributed by atoms with Crippen LogP contribution in [-0.4, -0.2) is 40.4 Å². The summed E-state index contributed by atoms with van der Waals surface area (Å²) in [6, 6.07) is 5.14. The number of nitrogens with one attached hydrogen (secondary N) is 2. The first kappa shape index (κ1) is 12.6. The highest BCUT2D eigenvalue weighted by Crippen LogP contribution is 2.16. The van der Waals surface area contributed by atoms with Gasteiger partial charge in [0.25, 0.3) is 0 Å². The van der Waals surface area contributed by atoms with Crippen molar-refractivity contribution >= 4 is 17.3 Å². The van der Waals surface area contributed by atoms with Gasteiger partial charge in [-0.25, -0.2) is 0 Å². The molecule has 102 valence electrons. The summed E-state index contributed by atoms with van der Waals surface area (Å²) in [5.41, 5.74) is 0. The molecule has 1 aliphatic rings. The average molecular weight is 277 g/mol. The molecule has 0 amide bonds. The molecule has 6 heteroatoms. The molecule has 0 radical (unpaired) electrons. The van der Waals surface area contributed by atoms with Gasteiger partial charge in [0.2, 0.25) is 5.95 Å². The van der Waals surface area contributed by atoms with Gasteiger partial charge in [0.05, 0.1) is 0 Å². The number of piperazine rings is 1. The lowest BCUT2D eigenvalue weighted by atomic mass is 10.1. The van der Waals surface area contributed by atoms with Crippen molar-refractivity contribution in [3.63, 3.8) is 0 Å². The van der Waals surface area contributed by atoms with Crippen LogP contribution >= 0.6 is 11.3 Å². The van der Waals surface area contributed by atoms with Crippen LogP contribution in [0.15, 0.2) is 17.5 Å². The molecule has 3 heterocycles. The van der Waals surface area contributed by atoms with Crippen LogP contribution in [0.4, 0.5) is 5.95 Å². The topological polar surface area (TPSA) is 56.8 Å². The number of rotatable bonds is 3. The number of nitrogens with zero attached hydrogens (tertiary/aromatic N) is 3. The maximum Gasteiger partial charge on any atom is 0.244 e. The van der Waals surface area contributed by atoms with Crippen molar-refractivity contribution < 1.29 is 0 Å². The molecule has 3 rings (SSSR count). The van der Waals surface area contributed by atoms with Gasteiger partial charge in [-0.1, -0.05) is 6.07 Å². The van der Waals surface area contributed by atoms with E-state index >= 15 is 0 Å². The average Bonchev–Trinajstić information content (AvgIpc) is 2.99. The summed E-state index contributed by atoms with van der Waals surface area (Å²) < 4.78 is 0. The normalized spacial score (nSPS) is 23.8. The predicted octanol–water partition coefficient (Wildman–Crippen LogP) is 1.64. The first-order valence-corrected chi connectivity index (χ1v) is 7.53. The van der Waals surface area contributed by atoms with E-state index in [0.717, 1.165) is 31.3 Å². The van der Waals surface area contributed by atoms with Gasteiger partial charge < -0.3 is 10.2 Å². The molecule has 19 heavy (non-hydrogen) atoms. The molecule has 0 bridgehead atoms. The lowest BCUT2D eigenvalue weighted by Gasteiger charge is -2.35. The Morgan fingerprint density at radius 2 is 2.16 bits per heavy atom. The summed E-state index contributed by atoms with van der Waals surface area (Å²) in [6.07, 6.45) is 0.835. The van der Waals surface area contributed by atoms with Gasteiger partial charge in [0.15, 0.2) is 0 Å². The summed E-state index contributed by atoms with van der Waals surface area (Å²) in [4.78, 5) is 8.18. The number of aromatic nitrogens is 3. The Kier molecular flexibility index (Phi) is 3.52. The van der Waals surface area contributed by atoms with Gasteiger partial charge in [-0.3, -0.25) is 5.10 Å². The fourth-order valence-corrected chi connectivity index (χ4v) is 3.28. The highest BCUT2D eigenvalue weighted by Gasteiger charge is 2.23. The molecule has 1 aliphatic heterocycles. The largest absolute Gasteiger partial charge is 0.336 e. The molecule has 2 unspecified atom stereocenters. The third kappa shape index (κ3) is 2.96. The molecule has 0 spiro atoms. The van der Waals surface area contributed by atoms with Crippen molar-refractivity contribution in [1.29, 1.82) is 0 Å². The van der Waals surface area contributed by atoms with Crippen molar-refractivity contribution in [3.05, 3.63) is 28.2 Å². The van der Waals surface area contributed by atoms with Gasteiger partial charge in [0, 0.05) is 36.5 Å². The van der Waals surface area contributed by atoms with Gasteiger partial charge >= 0.3 is 0 Å². The lowest BCUT2D eigenvalue weighted by molar-refractivity contribution is 0.403. The quantitative estimate of drug-likeness (QED) is 0.895. The van der Waals surface area contributed by atoms with E-state index in [0.29, 0.717) is 12.1 Å². The second kappa shape index (κ2) is 5.30. The van der Waals surface area contributed by atoms with E-state index in [1.807, 2.05) is 0 Å². The second-order valence-corrected chi connectivity index (χ2v) is 6.24. The van der Waals surface area contributed by atoms with E-state index in [9.17, 15) is 0 Å². The third-order valence-corrected chi connectivity index (χ3v) is 4.16. The smallest absolute Gasteiger partial charge is 0.244 e. The molecular weight excluding hydrogens is 258 g/mol. The molecule has 0 aliphatic carbocycles. The molecule has 2 aromatic rings. The Hall–Kier alpha value is -1.40. The van der Waals surface area contributed by atoms with E-state index in [2.05, 4.69) is 56.8 Å². The second-order valence-electron chi connectivity index (χ2n) is 5.21. The summed E-state index contributed by atoms with van der Waals surface area (Å²) >= 11 is 1.75. The number of anilines is 1. The molecule has 2 atom stereocenters. The number of hydrogen-bond acceptors (Lipinski definition) is 5. The third-order valence-electron chi connectivity index (χ3n) is 3.28. The van der Waals surface area contributed by atoms with Crippen LogP contribution < -0.4 is 10.2 Å². The van der Waals surface area contributed by atoms with Crippen molar-refractivity contribution in [2.75, 3.05) is 18.0 Å². The molecule has 5 nitrogen and oxygen atoms in total. The molecule has 1 fully saturated rings. The van der Waals surface area contributed by atoms with Gasteiger partial charge in [-0.2, -0.15) is 4.98 Å². The highest BCUT2D eigenvalue weighted by atomic mass is 32.1. The SMILES string of the molecule is CC1CN(c2n[nH]c(Cc3cccs3)n2)CC(C)N1. The summed E-state index contributed by atoms with van der Waals surface area (Å²) in [5.74, 6) is 1.77. The van der Waals surface area contributed by atoms with Gasteiger partial charge in [0.1, 0.15) is 5.82 Å². The maximum atomic E-state index is 4.62. The Morgan fingerprint density at radius 1 is 1.37 bits per heavy atom. The van der Waals surface area contributed by atoms with Crippen molar-refractivity contribution in [2.24, 2.45) is 0 Å². The fraction of sp³-hybridized carbons (Fsp3) is 0.538. The monoisotopic (exact) mass is 277 g/mol. The summed E-state index contributed by atoms with van der Waals surface area (Å²) in [6.45, 7) is 6.31. The van der Waals surface area contributed by atoms with E-state index in [-0.39, 0.29) is 0 Å². The minimum absolute atomic E-state index is 0.475. The molecule has 2 N–H and O–H groups in total. The van der Waals surface area contributed by atoms with Gasteiger partial charge in [-0.05, 0) is 25.3 Å². The molecular formula is C13H19N5S. The zero-order chi connectivity index (χ0) is 13.2. The number of thiophene rings is 1. The van der Waals surface area contributed by atoms with Crippen LogP contribution in [0.1, 0.15) is 24.5 Å². The van der Waals surface area contributed by atoms with E-state index in [1.54, 1.807) is 11.3 Å². The lowest BCUT2D eigenvalue weighted by Crippen LogP contribution is -2.54. The van der Waals surface area contributed by atoms with E-state index in [1.165, 1.54) is 4.88 Å². The molecule has 1 saturated heterocycles. The fourth-order valence-electron chi connectivity index (χ4n) is 2.57. The van der Waals surface area contributed by atoms with Crippen LogP contribution in [0.2, 0.25) is 0 Å². The summed E-state index contributed by atoms with van der Waals surface area (Å²) in [5, 5.41) is 13.0. The van der Waals surface area contributed by atoms with Crippen LogP contribution in [0.5, 0.6) is 0 Å². The van der Waals surface area contributed by atoms with Gasteiger partial charge in [-0.15, -0.1) is 16.4 Å². The van der Waals surface area contributed by atoms with E-state index < -0.39 is 0 Å². The molecule has 2 aromatic heterocycles. The van der Waals surface area contributed by atoms with Crippen LogP contribution in [0, 0.1) is 0 Å². The van der Waals surface area contributed by atoms with Crippen LogP contribution in [0.3, 0.4) is 0 Å². The standard InChI is InChI=1S/C13H19N5S/c1-9-7-18(8-10(2)14-9)13-15-12(16-17-13)6-11-4-3-5-19-11/h3-5,9-10,14H,6-8H2,1-2H3,(H,15,16,17). The first-order chi connectivity index (χ1) is 9.20. The van der Waals surface area contributed by atoms with Crippen molar-refractivity contribution in [3.8, 4) is 0 Å². The maximum absolute atomic E-state index is 4.62.